The third-order valence-corrected chi connectivity index (χ3v) is 4.75. The van der Waals surface area contributed by atoms with Crippen LogP contribution in [0.5, 0.6) is 0 Å². The average molecular weight is 375 g/mol. The second kappa shape index (κ2) is 21.8. The fraction of sp³-hybridized carbons (Fsp3) is 0.500. The fourth-order valence-corrected chi connectivity index (χ4v) is 3.02. The summed E-state index contributed by atoms with van der Waals surface area (Å²) >= 11 is 1.83. The molecule has 1 nitrogen and oxygen atoms in total. The molecule has 0 radical (unpaired) electrons. The SMILES string of the molecule is CC/C=C\C/C=C\C/C=C\C/C=C\C/C=C\C/C=C\CC(CO)SCC. The van der Waals surface area contributed by atoms with Crippen LogP contribution in [0.15, 0.2) is 72.9 Å². The lowest BCUT2D eigenvalue weighted by atomic mass is 10.2. The Bertz CT molecular complexity index is 455. The molecule has 0 aliphatic carbocycles. The van der Waals surface area contributed by atoms with Crippen LogP contribution >= 0.6 is 11.8 Å². The van der Waals surface area contributed by atoms with Gasteiger partial charge in [-0.2, -0.15) is 11.8 Å². The third kappa shape index (κ3) is 19.1. The monoisotopic (exact) mass is 374 g/mol. The molecule has 1 N–H and O–H groups in total. The molecule has 26 heavy (non-hydrogen) atoms. The van der Waals surface area contributed by atoms with Crippen molar-refractivity contribution in [3.05, 3.63) is 72.9 Å². The first-order valence-electron chi connectivity index (χ1n) is 9.97. The van der Waals surface area contributed by atoms with E-state index >= 15 is 0 Å². The van der Waals surface area contributed by atoms with Crippen molar-refractivity contribution in [1.29, 1.82) is 0 Å². The molecule has 0 aliphatic heterocycles. The predicted octanol–water partition coefficient (Wildman–Crippen LogP) is 7.19. The lowest BCUT2D eigenvalue weighted by Crippen LogP contribution is -2.06. The van der Waals surface area contributed by atoms with Gasteiger partial charge in [0, 0.05) is 5.25 Å². The zero-order chi connectivity index (χ0) is 19.1. The molecular weight excluding hydrogens is 336 g/mol. The summed E-state index contributed by atoms with van der Waals surface area (Å²) in [6, 6.07) is 0. The second-order valence-corrected chi connectivity index (χ2v) is 7.49. The number of hydrogen-bond donors (Lipinski definition) is 1. The van der Waals surface area contributed by atoms with Gasteiger partial charge in [0.25, 0.3) is 0 Å². The van der Waals surface area contributed by atoms with Crippen LogP contribution in [0.2, 0.25) is 0 Å². The number of allylic oxidation sites excluding steroid dienone is 12. The van der Waals surface area contributed by atoms with Crippen molar-refractivity contribution in [2.24, 2.45) is 0 Å². The zero-order valence-electron chi connectivity index (χ0n) is 16.7. The molecule has 0 aromatic heterocycles. The molecule has 0 heterocycles. The Kier molecular flexibility index (Phi) is 20.7. The van der Waals surface area contributed by atoms with Crippen molar-refractivity contribution < 1.29 is 5.11 Å². The van der Waals surface area contributed by atoms with E-state index in [0.29, 0.717) is 5.25 Å². The van der Waals surface area contributed by atoms with Crippen molar-refractivity contribution >= 4 is 11.8 Å². The molecule has 0 aliphatic rings. The average Bonchev–Trinajstić information content (AvgIpc) is 2.66. The Balaban J connectivity index is 3.61. The van der Waals surface area contributed by atoms with Gasteiger partial charge in [-0.1, -0.05) is 86.8 Å². The van der Waals surface area contributed by atoms with Crippen molar-refractivity contribution in [2.75, 3.05) is 12.4 Å². The topological polar surface area (TPSA) is 20.2 Å². The Morgan fingerprint density at radius 1 is 0.615 bits per heavy atom. The van der Waals surface area contributed by atoms with E-state index in [2.05, 4.69) is 86.8 Å². The number of aliphatic hydroxyl groups is 1. The highest BCUT2D eigenvalue weighted by atomic mass is 32.2. The highest BCUT2D eigenvalue weighted by Gasteiger charge is 2.02. The standard InChI is InChI=1S/C24H38OS/c1-3-5-6-7-8-9-10-11-12-13-14-15-16-17-18-19-20-21-22-24(23-25)26-4-2/h5-6,8-9,11-12,14-15,17-18,20-21,24-25H,3-4,7,10,13,16,19,22-23H2,1-2H3/b6-5-,9-8-,12-11-,15-14-,18-17-,21-20-. The van der Waals surface area contributed by atoms with Gasteiger partial charge in [0.1, 0.15) is 0 Å². The van der Waals surface area contributed by atoms with Crippen molar-refractivity contribution in [2.45, 2.75) is 64.0 Å². The lowest BCUT2D eigenvalue weighted by Gasteiger charge is -2.08. The summed E-state index contributed by atoms with van der Waals surface area (Å²) in [6.45, 7) is 4.56. The number of aliphatic hydroxyl groups excluding tert-OH is 1. The van der Waals surface area contributed by atoms with Crippen LogP contribution in [-0.4, -0.2) is 22.7 Å². The largest absolute Gasteiger partial charge is 0.395 e. The van der Waals surface area contributed by atoms with Gasteiger partial charge in [0.15, 0.2) is 0 Å². The Hall–Kier alpha value is -1.25. The van der Waals surface area contributed by atoms with E-state index in [1.165, 1.54) is 0 Å². The minimum atomic E-state index is 0.268. The van der Waals surface area contributed by atoms with E-state index in [4.69, 9.17) is 0 Å². The number of rotatable bonds is 16. The van der Waals surface area contributed by atoms with Crippen LogP contribution < -0.4 is 0 Å². The summed E-state index contributed by atoms with van der Waals surface area (Å²) in [6.07, 6.45) is 33.7. The van der Waals surface area contributed by atoms with Crippen LogP contribution in [0.3, 0.4) is 0 Å². The molecule has 0 aromatic rings. The maximum absolute atomic E-state index is 9.21. The van der Waals surface area contributed by atoms with Gasteiger partial charge in [-0.15, -0.1) is 0 Å². The summed E-state index contributed by atoms with van der Waals surface area (Å²) in [4.78, 5) is 0. The Morgan fingerprint density at radius 3 is 1.35 bits per heavy atom. The Labute approximate surface area is 166 Å². The maximum Gasteiger partial charge on any atom is 0.0553 e. The third-order valence-electron chi connectivity index (χ3n) is 3.60. The quantitative estimate of drug-likeness (QED) is 0.288. The lowest BCUT2D eigenvalue weighted by molar-refractivity contribution is 0.295. The zero-order valence-corrected chi connectivity index (χ0v) is 17.5. The van der Waals surface area contributed by atoms with E-state index in [1.54, 1.807) is 0 Å². The van der Waals surface area contributed by atoms with Crippen LogP contribution in [-0.2, 0) is 0 Å². The minimum absolute atomic E-state index is 0.268. The molecule has 0 bridgehead atoms. The first-order chi connectivity index (χ1) is 12.8. The van der Waals surface area contributed by atoms with E-state index in [9.17, 15) is 5.11 Å². The summed E-state index contributed by atoms with van der Waals surface area (Å²) in [5, 5.41) is 9.57. The highest BCUT2D eigenvalue weighted by Crippen LogP contribution is 2.14. The summed E-state index contributed by atoms with van der Waals surface area (Å²) in [7, 11) is 0. The second-order valence-electron chi connectivity index (χ2n) is 5.91. The summed E-state index contributed by atoms with van der Waals surface area (Å²) in [5.41, 5.74) is 0. The van der Waals surface area contributed by atoms with Crippen LogP contribution in [0.4, 0.5) is 0 Å². The molecule has 146 valence electrons. The van der Waals surface area contributed by atoms with Gasteiger partial charge in [-0.05, 0) is 50.7 Å². The minimum Gasteiger partial charge on any atom is -0.395 e. The van der Waals surface area contributed by atoms with Gasteiger partial charge in [-0.25, -0.2) is 0 Å². The van der Waals surface area contributed by atoms with E-state index in [0.717, 1.165) is 50.7 Å². The van der Waals surface area contributed by atoms with Crippen molar-refractivity contribution in [3.63, 3.8) is 0 Å². The van der Waals surface area contributed by atoms with E-state index in [-0.39, 0.29) is 6.61 Å². The molecular formula is C24H38OS. The van der Waals surface area contributed by atoms with Gasteiger partial charge in [0.05, 0.1) is 6.61 Å². The maximum atomic E-state index is 9.21. The van der Waals surface area contributed by atoms with Crippen LogP contribution in [0.1, 0.15) is 58.8 Å². The number of hydrogen-bond acceptors (Lipinski definition) is 2. The molecule has 2 heteroatoms. The highest BCUT2D eigenvalue weighted by molar-refractivity contribution is 7.99. The summed E-state index contributed by atoms with van der Waals surface area (Å²) < 4.78 is 0. The van der Waals surface area contributed by atoms with Gasteiger partial charge < -0.3 is 5.11 Å². The molecule has 0 amide bonds. The number of thioether (sulfide) groups is 1. The molecule has 0 spiro atoms. The van der Waals surface area contributed by atoms with Gasteiger partial charge in [-0.3, -0.25) is 0 Å². The normalized spacial score (nSPS) is 14.4. The van der Waals surface area contributed by atoms with Crippen LogP contribution in [0.25, 0.3) is 0 Å². The predicted molar refractivity (Wildman–Crippen MR) is 122 cm³/mol. The smallest absolute Gasteiger partial charge is 0.0553 e. The first-order valence-corrected chi connectivity index (χ1v) is 11.0. The molecule has 0 fully saturated rings. The van der Waals surface area contributed by atoms with Crippen LogP contribution in [0, 0.1) is 0 Å². The van der Waals surface area contributed by atoms with E-state index < -0.39 is 0 Å². The summed E-state index contributed by atoms with van der Waals surface area (Å²) in [5.74, 6) is 1.06. The van der Waals surface area contributed by atoms with Crippen molar-refractivity contribution in [3.8, 4) is 0 Å². The molecule has 0 saturated heterocycles. The van der Waals surface area contributed by atoms with Gasteiger partial charge >= 0.3 is 0 Å². The molecule has 1 atom stereocenters. The molecule has 0 rings (SSSR count). The van der Waals surface area contributed by atoms with Crippen molar-refractivity contribution in [1.82, 2.24) is 0 Å². The fourth-order valence-electron chi connectivity index (χ4n) is 2.20. The Morgan fingerprint density at radius 2 is 1.00 bits per heavy atom. The van der Waals surface area contributed by atoms with Gasteiger partial charge in [0.2, 0.25) is 0 Å². The molecule has 1 unspecified atom stereocenters. The molecule has 0 saturated carbocycles. The first kappa shape index (κ1) is 24.8. The molecule has 0 aromatic carbocycles. The van der Waals surface area contributed by atoms with E-state index in [1.807, 2.05) is 11.8 Å².